The van der Waals surface area contributed by atoms with Gasteiger partial charge in [0.2, 0.25) is 0 Å². The predicted molar refractivity (Wildman–Crippen MR) is 123 cm³/mol. The Labute approximate surface area is 186 Å². The number of hydrogen-bond donors (Lipinski definition) is 1. The van der Waals surface area contributed by atoms with E-state index in [0.29, 0.717) is 28.3 Å². The van der Waals surface area contributed by atoms with E-state index in [1.54, 1.807) is 36.5 Å². The third-order valence-corrected chi connectivity index (χ3v) is 5.62. The van der Waals surface area contributed by atoms with E-state index in [4.69, 9.17) is 11.6 Å². The zero-order chi connectivity index (χ0) is 21.6. The summed E-state index contributed by atoms with van der Waals surface area (Å²) in [7, 11) is 0. The molecule has 31 heavy (non-hydrogen) atoms. The number of halogens is 1. The highest BCUT2D eigenvalue weighted by Gasteiger charge is 2.17. The number of alkyl halides is 1. The number of nitrogens with zero attached hydrogens (tertiary/aromatic N) is 3. The van der Waals surface area contributed by atoms with Crippen LogP contribution in [0.1, 0.15) is 45.8 Å². The molecule has 1 aromatic carbocycles. The summed E-state index contributed by atoms with van der Waals surface area (Å²) < 4.78 is 0. The van der Waals surface area contributed by atoms with Crippen LogP contribution >= 0.6 is 11.6 Å². The third-order valence-electron chi connectivity index (χ3n) is 5.34. The summed E-state index contributed by atoms with van der Waals surface area (Å²) in [5, 5.41) is 2.95. The Kier molecular flexibility index (Phi) is 6.57. The first-order chi connectivity index (χ1) is 15.2. The van der Waals surface area contributed by atoms with Gasteiger partial charge in [-0.3, -0.25) is 14.6 Å². The lowest BCUT2D eigenvalue weighted by atomic mass is 10.0. The van der Waals surface area contributed by atoms with E-state index in [0.717, 1.165) is 43.5 Å². The second-order valence-electron chi connectivity index (χ2n) is 7.47. The summed E-state index contributed by atoms with van der Waals surface area (Å²) in [5.41, 5.74) is 4.53. The average molecular weight is 435 g/mol. The molecule has 1 N–H and O–H groups in total. The van der Waals surface area contributed by atoms with Crippen molar-refractivity contribution in [1.82, 2.24) is 9.97 Å². The minimum Gasteiger partial charge on any atom is -0.372 e. The van der Waals surface area contributed by atoms with Crippen molar-refractivity contribution in [2.45, 2.75) is 25.1 Å². The standard InChI is InChI=1S/C24H23ClN4O2/c25-15-18-5-4-6-22(27-18)24(31)28-21-8-7-19(29-11-2-1-3-12-29)14-20(21)23-13-17(16-30)9-10-26-23/h4-10,13-14,16H,1-3,11-12,15H2,(H,28,31). The second-order valence-corrected chi connectivity index (χ2v) is 7.74. The quantitative estimate of drug-likeness (QED) is 0.439. The first kappa shape index (κ1) is 21.0. The topological polar surface area (TPSA) is 75.2 Å². The van der Waals surface area contributed by atoms with Crippen molar-refractivity contribution in [3.8, 4) is 11.3 Å². The van der Waals surface area contributed by atoms with Gasteiger partial charge in [-0.05, 0) is 61.7 Å². The van der Waals surface area contributed by atoms with Crippen LogP contribution < -0.4 is 10.2 Å². The maximum atomic E-state index is 12.9. The fraction of sp³-hybridized carbons (Fsp3) is 0.250. The van der Waals surface area contributed by atoms with Gasteiger partial charge in [-0.2, -0.15) is 0 Å². The Morgan fingerprint density at radius 3 is 2.71 bits per heavy atom. The number of amides is 1. The average Bonchev–Trinajstić information content (AvgIpc) is 2.84. The normalized spacial score (nSPS) is 13.6. The number of nitrogens with one attached hydrogen (secondary N) is 1. The summed E-state index contributed by atoms with van der Waals surface area (Å²) in [6.45, 7) is 2.00. The van der Waals surface area contributed by atoms with Crippen molar-refractivity contribution in [3.63, 3.8) is 0 Å². The molecular formula is C24H23ClN4O2. The molecule has 6 nitrogen and oxygen atoms in total. The number of piperidine rings is 1. The Morgan fingerprint density at radius 2 is 1.94 bits per heavy atom. The molecule has 1 amide bonds. The van der Waals surface area contributed by atoms with Gasteiger partial charge in [-0.25, -0.2) is 4.98 Å². The van der Waals surface area contributed by atoms with Gasteiger partial charge in [-0.1, -0.05) is 6.07 Å². The number of rotatable bonds is 6. The van der Waals surface area contributed by atoms with Crippen molar-refractivity contribution >= 4 is 35.2 Å². The molecule has 0 unspecified atom stereocenters. The summed E-state index contributed by atoms with van der Waals surface area (Å²) in [6.07, 6.45) is 5.96. The first-order valence-electron chi connectivity index (χ1n) is 10.3. The van der Waals surface area contributed by atoms with E-state index in [-0.39, 0.29) is 11.8 Å². The van der Waals surface area contributed by atoms with Crippen molar-refractivity contribution in [1.29, 1.82) is 0 Å². The third kappa shape index (κ3) is 4.91. The van der Waals surface area contributed by atoms with Crippen LogP contribution in [0.3, 0.4) is 0 Å². The van der Waals surface area contributed by atoms with E-state index in [1.807, 2.05) is 18.2 Å². The number of anilines is 2. The molecule has 158 valence electrons. The molecule has 2 aromatic heterocycles. The number of aromatic nitrogens is 2. The summed E-state index contributed by atoms with van der Waals surface area (Å²) >= 11 is 5.85. The second kappa shape index (κ2) is 9.71. The smallest absolute Gasteiger partial charge is 0.274 e. The number of hydrogen-bond acceptors (Lipinski definition) is 5. The van der Waals surface area contributed by atoms with E-state index in [1.165, 1.54) is 6.42 Å². The maximum Gasteiger partial charge on any atom is 0.274 e. The molecule has 1 aliphatic heterocycles. The highest BCUT2D eigenvalue weighted by molar-refractivity contribution is 6.17. The molecule has 3 aromatic rings. The van der Waals surface area contributed by atoms with Crippen LogP contribution in [0.4, 0.5) is 11.4 Å². The van der Waals surface area contributed by atoms with Crippen LogP contribution in [0.5, 0.6) is 0 Å². The lowest BCUT2D eigenvalue weighted by molar-refractivity contribution is 0.102. The molecule has 0 spiro atoms. The Bertz CT molecular complexity index is 1100. The van der Waals surface area contributed by atoms with Crippen LogP contribution in [0, 0.1) is 0 Å². The van der Waals surface area contributed by atoms with E-state index in [9.17, 15) is 9.59 Å². The highest BCUT2D eigenvalue weighted by atomic mass is 35.5. The molecule has 4 rings (SSSR count). The molecule has 1 saturated heterocycles. The number of pyridine rings is 2. The van der Waals surface area contributed by atoms with Gasteiger partial charge in [0.1, 0.15) is 12.0 Å². The van der Waals surface area contributed by atoms with Crippen molar-refractivity contribution in [3.05, 3.63) is 71.7 Å². The Balaban J connectivity index is 1.71. The maximum absolute atomic E-state index is 12.9. The van der Waals surface area contributed by atoms with Gasteiger partial charge in [-0.15, -0.1) is 11.6 Å². The van der Waals surface area contributed by atoms with Gasteiger partial charge in [0.25, 0.3) is 5.91 Å². The van der Waals surface area contributed by atoms with Gasteiger partial charge in [0.05, 0.1) is 23.0 Å². The van der Waals surface area contributed by atoms with Gasteiger partial charge in [0, 0.05) is 36.1 Å². The van der Waals surface area contributed by atoms with Crippen LogP contribution in [-0.2, 0) is 5.88 Å². The van der Waals surface area contributed by atoms with Crippen molar-refractivity contribution in [2.24, 2.45) is 0 Å². The SMILES string of the molecule is O=Cc1ccnc(-c2cc(N3CCCCC3)ccc2NC(=O)c2cccc(CCl)n2)c1. The number of carbonyl (C=O) groups is 2. The Hall–Kier alpha value is -3.25. The molecule has 0 radical (unpaired) electrons. The zero-order valence-corrected chi connectivity index (χ0v) is 17.8. The molecule has 1 fully saturated rings. The Morgan fingerprint density at radius 1 is 1.10 bits per heavy atom. The molecule has 1 aliphatic rings. The van der Waals surface area contributed by atoms with Crippen molar-refractivity contribution < 1.29 is 9.59 Å². The number of benzene rings is 1. The molecule has 0 aliphatic carbocycles. The zero-order valence-electron chi connectivity index (χ0n) is 17.1. The molecule has 0 bridgehead atoms. The number of aldehydes is 1. The van der Waals surface area contributed by atoms with E-state index in [2.05, 4.69) is 20.2 Å². The minimum atomic E-state index is -0.328. The van der Waals surface area contributed by atoms with Crippen LogP contribution in [0.2, 0.25) is 0 Å². The molecule has 7 heteroatoms. The summed E-state index contributed by atoms with van der Waals surface area (Å²) in [4.78, 5) is 35.2. The van der Waals surface area contributed by atoms with E-state index >= 15 is 0 Å². The fourth-order valence-electron chi connectivity index (χ4n) is 3.74. The number of carbonyl (C=O) groups excluding carboxylic acids is 2. The first-order valence-corrected chi connectivity index (χ1v) is 10.9. The minimum absolute atomic E-state index is 0.235. The highest BCUT2D eigenvalue weighted by Crippen LogP contribution is 2.33. The molecule has 0 saturated carbocycles. The predicted octanol–water partition coefficient (Wildman–Crippen LogP) is 4.94. The van der Waals surface area contributed by atoms with Crippen LogP contribution in [-0.4, -0.2) is 35.3 Å². The molecular weight excluding hydrogens is 412 g/mol. The largest absolute Gasteiger partial charge is 0.372 e. The molecule has 3 heterocycles. The molecule has 0 atom stereocenters. The van der Waals surface area contributed by atoms with Crippen LogP contribution in [0.25, 0.3) is 11.3 Å². The fourth-order valence-corrected chi connectivity index (χ4v) is 3.89. The van der Waals surface area contributed by atoms with Crippen molar-refractivity contribution in [2.75, 3.05) is 23.3 Å². The summed E-state index contributed by atoms with van der Waals surface area (Å²) in [6, 6.07) is 14.5. The monoisotopic (exact) mass is 434 g/mol. The summed E-state index contributed by atoms with van der Waals surface area (Å²) in [5.74, 6) is -0.0928. The van der Waals surface area contributed by atoms with Gasteiger partial charge < -0.3 is 10.2 Å². The lowest BCUT2D eigenvalue weighted by Crippen LogP contribution is -2.29. The lowest BCUT2D eigenvalue weighted by Gasteiger charge is -2.29. The van der Waals surface area contributed by atoms with Crippen LogP contribution in [0.15, 0.2) is 54.7 Å². The van der Waals surface area contributed by atoms with E-state index < -0.39 is 0 Å². The van der Waals surface area contributed by atoms with Gasteiger partial charge in [0.15, 0.2) is 0 Å². The van der Waals surface area contributed by atoms with Gasteiger partial charge >= 0.3 is 0 Å².